The first-order valence-corrected chi connectivity index (χ1v) is 8.83. The predicted octanol–water partition coefficient (Wildman–Crippen LogP) is 0.954. The predicted molar refractivity (Wildman–Crippen MR) is 97.4 cm³/mol. The van der Waals surface area contributed by atoms with Gasteiger partial charge in [0.25, 0.3) is 0 Å². The lowest BCUT2D eigenvalue weighted by molar-refractivity contribution is -0.148. The summed E-state index contributed by atoms with van der Waals surface area (Å²) < 4.78 is 10.9. The average molecular weight is 378 g/mol. The summed E-state index contributed by atoms with van der Waals surface area (Å²) in [7, 11) is 0. The summed E-state index contributed by atoms with van der Waals surface area (Å²) in [6.07, 6.45) is 2.46. The van der Waals surface area contributed by atoms with E-state index in [1.54, 1.807) is 6.08 Å². The molecule has 2 aliphatic rings. The van der Waals surface area contributed by atoms with Crippen molar-refractivity contribution in [2.24, 2.45) is 5.92 Å². The molecule has 0 aromatic heterocycles. The number of carbonyl (C=O) groups is 2. The number of ether oxygens (including phenoxy) is 2. The van der Waals surface area contributed by atoms with Gasteiger partial charge in [0, 0.05) is 12.0 Å². The second-order valence-corrected chi connectivity index (χ2v) is 6.86. The van der Waals surface area contributed by atoms with Crippen LogP contribution in [0.15, 0.2) is 47.6 Å². The fourth-order valence-electron chi connectivity index (χ4n) is 3.23. The van der Waals surface area contributed by atoms with E-state index >= 15 is 0 Å². The first kappa shape index (κ1) is 21.1. The molecule has 0 spiro atoms. The van der Waals surface area contributed by atoms with E-state index in [2.05, 4.69) is 13.2 Å². The Balaban J connectivity index is 2.36. The van der Waals surface area contributed by atoms with Crippen molar-refractivity contribution in [3.05, 3.63) is 47.6 Å². The maximum Gasteiger partial charge on any atom is 0.336 e. The largest absolute Gasteiger partial charge is 0.458 e. The third-order valence-corrected chi connectivity index (χ3v) is 4.84. The minimum atomic E-state index is -1.42. The van der Waals surface area contributed by atoms with Gasteiger partial charge in [-0.15, -0.1) is 0 Å². The summed E-state index contributed by atoms with van der Waals surface area (Å²) in [5.41, 5.74) is 1.60. The number of carbonyl (C=O) groups excluding carboxylic acids is 2. The summed E-state index contributed by atoms with van der Waals surface area (Å²) >= 11 is 0. The number of hydrogen-bond acceptors (Lipinski definition) is 7. The number of aliphatic hydroxyl groups excluding tert-OH is 3. The molecule has 7 nitrogen and oxygen atoms in total. The van der Waals surface area contributed by atoms with Crippen molar-refractivity contribution in [2.45, 2.75) is 44.5 Å². The molecule has 0 aromatic rings. The normalized spacial score (nSPS) is 30.9. The Morgan fingerprint density at radius 2 is 2.15 bits per heavy atom. The molecule has 1 heterocycles. The zero-order chi connectivity index (χ0) is 20.1. The van der Waals surface area contributed by atoms with Gasteiger partial charge in [0.05, 0.1) is 24.7 Å². The fourth-order valence-corrected chi connectivity index (χ4v) is 3.23. The van der Waals surface area contributed by atoms with Gasteiger partial charge < -0.3 is 24.8 Å². The smallest absolute Gasteiger partial charge is 0.336 e. The molecule has 1 saturated heterocycles. The Kier molecular flexibility index (Phi) is 7.12. The number of aliphatic hydroxyl groups is 3. The highest BCUT2D eigenvalue weighted by molar-refractivity contribution is 5.92. The third kappa shape index (κ3) is 4.94. The van der Waals surface area contributed by atoms with Gasteiger partial charge in [0.2, 0.25) is 0 Å². The lowest BCUT2D eigenvalue weighted by atomic mass is 9.85. The Labute approximate surface area is 158 Å². The molecule has 4 atom stereocenters. The number of rotatable bonds is 5. The second kappa shape index (κ2) is 9.12. The monoisotopic (exact) mass is 378 g/mol. The van der Waals surface area contributed by atoms with E-state index in [0.29, 0.717) is 19.3 Å². The number of allylic oxidation sites excluding steroid dienone is 1. The van der Waals surface area contributed by atoms with E-state index in [4.69, 9.17) is 14.6 Å². The van der Waals surface area contributed by atoms with E-state index in [-0.39, 0.29) is 17.8 Å². The van der Waals surface area contributed by atoms with Crippen LogP contribution in [0.25, 0.3) is 0 Å². The van der Waals surface area contributed by atoms with E-state index < -0.39 is 42.8 Å². The summed E-state index contributed by atoms with van der Waals surface area (Å²) in [6, 6.07) is 0. The topological polar surface area (TPSA) is 113 Å². The molecule has 27 heavy (non-hydrogen) atoms. The second-order valence-electron chi connectivity index (χ2n) is 6.86. The van der Waals surface area contributed by atoms with E-state index in [0.717, 1.165) is 11.1 Å². The molecular formula is C20H26O7. The highest BCUT2D eigenvalue weighted by Crippen LogP contribution is 2.36. The van der Waals surface area contributed by atoms with Crippen molar-refractivity contribution in [3.63, 3.8) is 0 Å². The van der Waals surface area contributed by atoms with Gasteiger partial charge in [-0.3, -0.25) is 0 Å². The molecule has 1 aliphatic heterocycles. The molecule has 0 amide bonds. The lowest BCUT2D eigenvalue weighted by Gasteiger charge is -2.28. The van der Waals surface area contributed by atoms with Crippen molar-refractivity contribution in [1.29, 1.82) is 0 Å². The minimum Gasteiger partial charge on any atom is -0.458 e. The molecule has 148 valence electrons. The molecule has 1 aliphatic carbocycles. The zero-order valence-corrected chi connectivity index (χ0v) is 15.4. The first-order valence-electron chi connectivity index (χ1n) is 8.83. The molecule has 0 aromatic carbocycles. The van der Waals surface area contributed by atoms with Gasteiger partial charge in [-0.05, 0) is 31.4 Å². The van der Waals surface area contributed by atoms with Crippen molar-refractivity contribution in [2.75, 3.05) is 13.2 Å². The van der Waals surface area contributed by atoms with Crippen LogP contribution in [-0.4, -0.2) is 58.8 Å². The summed E-state index contributed by atoms with van der Waals surface area (Å²) in [4.78, 5) is 24.4. The highest BCUT2D eigenvalue weighted by atomic mass is 16.6. The van der Waals surface area contributed by atoms with Crippen molar-refractivity contribution in [1.82, 2.24) is 0 Å². The van der Waals surface area contributed by atoms with Gasteiger partial charge in [-0.25, -0.2) is 9.59 Å². The number of hydrogen-bond donors (Lipinski definition) is 3. The first-order chi connectivity index (χ1) is 12.8. The molecule has 0 saturated carbocycles. The van der Waals surface area contributed by atoms with Crippen LogP contribution >= 0.6 is 0 Å². The maximum atomic E-state index is 12.3. The molecule has 0 unspecified atom stereocenters. The molecule has 1 fully saturated rings. The third-order valence-electron chi connectivity index (χ3n) is 4.84. The van der Waals surface area contributed by atoms with Crippen LogP contribution in [0.1, 0.15) is 26.2 Å². The van der Waals surface area contributed by atoms with Crippen molar-refractivity contribution >= 4 is 11.9 Å². The van der Waals surface area contributed by atoms with Gasteiger partial charge in [0.1, 0.15) is 18.3 Å². The van der Waals surface area contributed by atoms with Crippen LogP contribution < -0.4 is 0 Å². The maximum absolute atomic E-state index is 12.3. The van der Waals surface area contributed by atoms with Gasteiger partial charge >= 0.3 is 11.9 Å². The standard InChI is InChI=1S/C20H26O7/c1-11-5-4-6-14(9-21)8-17-18(13(3)20(25)27-17)16(7-11)26-19(24)12(2)15(23)10-22/h5,8,15-18,21-23H,2-4,6-7,9-10H2,1H3/b11-5-,14-8+/t15-,16+,17-,18+/m0/s1. The fraction of sp³-hybridized carbons (Fsp3) is 0.500. The van der Waals surface area contributed by atoms with Gasteiger partial charge in [-0.1, -0.05) is 24.8 Å². The summed E-state index contributed by atoms with van der Waals surface area (Å²) in [5, 5.41) is 28.2. The Bertz CT molecular complexity index is 688. The van der Waals surface area contributed by atoms with Crippen LogP contribution in [0.4, 0.5) is 0 Å². The van der Waals surface area contributed by atoms with Crippen molar-refractivity contribution in [3.8, 4) is 0 Å². The van der Waals surface area contributed by atoms with Crippen molar-refractivity contribution < 1.29 is 34.4 Å². The van der Waals surface area contributed by atoms with Gasteiger partial charge in [0.15, 0.2) is 0 Å². The number of fused-ring (bicyclic) bond motifs is 1. The Morgan fingerprint density at radius 1 is 1.44 bits per heavy atom. The van der Waals surface area contributed by atoms with E-state index in [9.17, 15) is 19.8 Å². The molecule has 0 bridgehead atoms. The highest BCUT2D eigenvalue weighted by Gasteiger charge is 2.44. The molecular weight excluding hydrogens is 352 g/mol. The summed E-state index contributed by atoms with van der Waals surface area (Å²) in [5.74, 6) is -2.05. The Hall–Kier alpha value is -2.22. The van der Waals surface area contributed by atoms with Crippen LogP contribution in [-0.2, 0) is 19.1 Å². The minimum absolute atomic E-state index is 0.163. The summed E-state index contributed by atoms with van der Waals surface area (Å²) in [6.45, 7) is 8.32. The zero-order valence-electron chi connectivity index (χ0n) is 15.4. The number of esters is 2. The van der Waals surface area contributed by atoms with Crippen LogP contribution in [0, 0.1) is 5.92 Å². The molecule has 0 radical (unpaired) electrons. The quantitative estimate of drug-likeness (QED) is 0.371. The van der Waals surface area contributed by atoms with Crippen LogP contribution in [0.2, 0.25) is 0 Å². The lowest BCUT2D eigenvalue weighted by Crippen LogP contribution is -2.35. The molecule has 7 heteroatoms. The van der Waals surface area contributed by atoms with E-state index in [1.807, 2.05) is 13.0 Å². The van der Waals surface area contributed by atoms with Gasteiger partial charge in [-0.2, -0.15) is 0 Å². The average Bonchev–Trinajstić information content (AvgIpc) is 2.92. The Morgan fingerprint density at radius 3 is 2.78 bits per heavy atom. The molecule has 3 N–H and O–H groups in total. The van der Waals surface area contributed by atoms with Crippen LogP contribution in [0.3, 0.4) is 0 Å². The van der Waals surface area contributed by atoms with Crippen LogP contribution in [0.5, 0.6) is 0 Å². The van der Waals surface area contributed by atoms with E-state index in [1.165, 1.54) is 0 Å². The molecule has 2 rings (SSSR count). The SMILES string of the molecule is C=C1C(=O)O[C@H]2/C=C(/CO)CC/C=C(/C)C[C@@H](OC(=O)C(=C)[C@@H](O)CO)[C@@H]12.